The number of hydrogen-bond acceptors (Lipinski definition) is 5. The number of hydrogen-bond donors (Lipinski definition) is 1. The summed E-state index contributed by atoms with van der Waals surface area (Å²) in [6.45, 7) is 3.23. The van der Waals surface area contributed by atoms with E-state index in [0.717, 1.165) is 62.5 Å². The van der Waals surface area contributed by atoms with Gasteiger partial charge in [-0.25, -0.2) is 9.97 Å². The molecule has 0 unspecified atom stereocenters. The van der Waals surface area contributed by atoms with Crippen LogP contribution in [0.2, 0.25) is 0 Å². The first-order valence-corrected chi connectivity index (χ1v) is 8.66. The minimum atomic E-state index is -0.358. The number of nitrogens with zero attached hydrogens (tertiary/aromatic N) is 3. The third kappa shape index (κ3) is 3.07. The molecule has 2 aromatic rings. The predicted octanol–water partition coefficient (Wildman–Crippen LogP) is 2.26. The Morgan fingerprint density at radius 3 is 2.71 bits per heavy atom. The van der Waals surface area contributed by atoms with Crippen LogP contribution in [-0.4, -0.2) is 51.4 Å². The summed E-state index contributed by atoms with van der Waals surface area (Å²) < 4.78 is 5.92. The fourth-order valence-electron chi connectivity index (χ4n) is 3.80. The summed E-state index contributed by atoms with van der Waals surface area (Å²) >= 11 is 0. The molecule has 5 heteroatoms. The van der Waals surface area contributed by atoms with E-state index in [0.29, 0.717) is 0 Å². The molecule has 0 saturated carbocycles. The molecule has 5 nitrogen and oxygen atoms in total. The second-order valence-electron chi connectivity index (χ2n) is 6.81. The third-order valence-corrected chi connectivity index (χ3v) is 5.09. The number of aliphatic hydroxyl groups is 1. The van der Waals surface area contributed by atoms with Gasteiger partial charge in [0.25, 0.3) is 0 Å². The summed E-state index contributed by atoms with van der Waals surface area (Å²) in [6.07, 6.45) is 6.23. The van der Waals surface area contributed by atoms with Crippen LogP contribution in [0.1, 0.15) is 24.8 Å². The number of benzene rings is 1. The van der Waals surface area contributed by atoms with Crippen LogP contribution >= 0.6 is 0 Å². The Hall–Kier alpha value is -1.82. The predicted molar refractivity (Wildman–Crippen MR) is 91.3 cm³/mol. The highest BCUT2D eigenvalue weighted by Gasteiger charge is 2.45. The summed E-state index contributed by atoms with van der Waals surface area (Å²) in [5.41, 5.74) is 1.77. The summed E-state index contributed by atoms with van der Waals surface area (Å²) in [4.78, 5) is 11.3. The van der Waals surface area contributed by atoms with E-state index in [1.54, 1.807) is 0 Å². The van der Waals surface area contributed by atoms with Gasteiger partial charge in [0.15, 0.2) is 5.82 Å². The molecular formula is C19H23N3O2. The molecule has 0 radical (unpaired) electrons. The van der Waals surface area contributed by atoms with Crippen LogP contribution in [0, 0.1) is 0 Å². The van der Waals surface area contributed by atoms with Crippen molar-refractivity contribution in [2.75, 3.05) is 19.7 Å². The van der Waals surface area contributed by atoms with Crippen LogP contribution in [-0.2, 0) is 11.3 Å². The van der Waals surface area contributed by atoms with Gasteiger partial charge in [0, 0.05) is 49.8 Å². The van der Waals surface area contributed by atoms with Crippen molar-refractivity contribution in [1.82, 2.24) is 14.9 Å². The van der Waals surface area contributed by atoms with Crippen LogP contribution in [0.4, 0.5) is 0 Å². The Kier molecular flexibility index (Phi) is 4.31. The van der Waals surface area contributed by atoms with Gasteiger partial charge in [-0.1, -0.05) is 30.3 Å². The first-order valence-electron chi connectivity index (χ1n) is 8.66. The minimum absolute atomic E-state index is 0.340. The van der Waals surface area contributed by atoms with Crippen molar-refractivity contribution >= 4 is 0 Å². The molecular weight excluding hydrogens is 302 g/mol. The van der Waals surface area contributed by atoms with Crippen molar-refractivity contribution in [2.45, 2.75) is 37.5 Å². The smallest absolute Gasteiger partial charge is 0.159 e. The van der Waals surface area contributed by atoms with E-state index in [-0.39, 0.29) is 11.7 Å². The number of rotatable bonds is 3. The molecule has 0 aliphatic carbocycles. The monoisotopic (exact) mass is 325 g/mol. The Morgan fingerprint density at radius 2 is 2.00 bits per heavy atom. The van der Waals surface area contributed by atoms with Gasteiger partial charge < -0.3 is 9.84 Å². The highest BCUT2D eigenvalue weighted by molar-refractivity contribution is 5.53. The van der Waals surface area contributed by atoms with E-state index in [2.05, 4.69) is 14.9 Å². The Morgan fingerprint density at radius 1 is 1.21 bits per heavy atom. The van der Waals surface area contributed by atoms with E-state index >= 15 is 0 Å². The summed E-state index contributed by atoms with van der Waals surface area (Å²) in [7, 11) is 0. The van der Waals surface area contributed by atoms with Crippen molar-refractivity contribution < 1.29 is 9.84 Å². The lowest BCUT2D eigenvalue weighted by Gasteiger charge is -2.43. The maximum atomic E-state index is 10.3. The van der Waals surface area contributed by atoms with Crippen LogP contribution in [0.15, 0.2) is 42.7 Å². The first kappa shape index (κ1) is 15.7. The number of piperidine rings is 1. The zero-order chi connectivity index (χ0) is 16.4. The molecule has 2 aliphatic heterocycles. The molecule has 1 aromatic carbocycles. The molecule has 1 spiro atoms. The minimum Gasteiger partial charge on any atom is -0.390 e. The van der Waals surface area contributed by atoms with Gasteiger partial charge in [-0.3, -0.25) is 4.90 Å². The third-order valence-electron chi connectivity index (χ3n) is 5.09. The normalized spacial score (nSPS) is 27.6. The van der Waals surface area contributed by atoms with Crippen LogP contribution in [0.5, 0.6) is 0 Å². The lowest BCUT2D eigenvalue weighted by atomic mass is 9.87. The van der Waals surface area contributed by atoms with Crippen molar-refractivity contribution in [3.8, 4) is 11.4 Å². The SMILES string of the molecule is O[C@H]1CCN(Cc2cnc(-c3ccccc3)nc2)C[C@@]12CCCO2. The average Bonchev–Trinajstić information content (AvgIpc) is 3.09. The molecule has 0 amide bonds. The molecule has 2 fully saturated rings. The average molecular weight is 325 g/mol. The molecule has 4 rings (SSSR count). The lowest BCUT2D eigenvalue weighted by Crippen LogP contribution is -2.56. The topological polar surface area (TPSA) is 58.5 Å². The van der Waals surface area contributed by atoms with Crippen LogP contribution in [0.25, 0.3) is 11.4 Å². The van der Waals surface area contributed by atoms with Gasteiger partial charge >= 0.3 is 0 Å². The van der Waals surface area contributed by atoms with E-state index in [1.165, 1.54) is 0 Å². The largest absolute Gasteiger partial charge is 0.390 e. The molecule has 3 heterocycles. The molecule has 2 aliphatic rings. The van der Waals surface area contributed by atoms with Gasteiger partial charge in [-0.2, -0.15) is 0 Å². The number of likely N-dealkylation sites (tertiary alicyclic amines) is 1. The molecule has 0 bridgehead atoms. The van der Waals surface area contributed by atoms with E-state index < -0.39 is 0 Å². The zero-order valence-corrected chi connectivity index (χ0v) is 13.8. The summed E-state index contributed by atoms with van der Waals surface area (Å²) in [5.74, 6) is 0.754. The van der Waals surface area contributed by atoms with E-state index in [4.69, 9.17) is 4.74 Å². The van der Waals surface area contributed by atoms with E-state index in [9.17, 15) is 5.11 Å². The summed E-state index contributed by atoms with van der Waals surface area (Å²) in [6, 6.07) is 10.0. The second-order valence-corrected chi connectivity index (χ2v) is 6.81. The molecule has 126 valence electrons. The highest BCUT2D eigenvalue weighted by atomic mass is 16.5. The van der Waals surface area contributed by atoms with Gasteiger partial charge in [0.05, 0.1) is 6.10 Å². The standard InChI is InChI=1S/C19H23N3O2/c23-17-7-9-22(14-19(17)8-4-10-24-19)13-15-11-20-18(21-12-15)16-5-2-1-3-6-16/h1-3,5-6,11-12,17,23H,4,7-10,13-14H2/t17-,19-/m0/s1. The Balaban J connectivity index is 1.44. The maximum Gasteiger partial charge on any atom is 0.159 e. The highest BCUT2D eigenvalue weighted by Crippen LogP contribution is 2.35. The van der Waals surface area contributed by atoms with Gasteiger partial charge in [0.1, 0.15) is 5.60 Å². The molecule has 2 saturated heterocycles. The van der Waals surface area contributed by atoms with Crippen molar-refractivity contribution in [3.05, 3.63) is 48.3 Å². The molecule has 2 atom stereocenters. The van der Waals surface area contributed by atoms with Gasteiger partial charge in [0.2, 0.25) is 0 Å². The number of ether oxygens (including phenoxy) is 1. The fourth-order valence-corrected chi connectivity index (χ4v) is 3.80. The van der Waals surface area contributed by atoms with Crippen molar-refractivity contribution in [1.29, 1.82) is 0 Å². The van der Waals surface area contributed by atoms with E-state index in [1.807, 2.05) is 42.7 Å². The van der Waals surface area contributed by atoms with Crippen molar-refractivity contribution in [3.63, 3.8) is 0 Å². The lowest BCUT2D eigenvalue weighted by molar-refractivity contribution is -0.132. The number of aromatic nitrogens is 2. The maximum absolute atomic E-state index is 10.3. The number of aliphatic hydroxyl groups excluding tert-OH is 1. The second kappa shape index (κ2) is 6.59. The Labute approximate surface area is 142 Å². The van der Waals surface area contributed by atoms with Gasteiger partial charge in [-0.05, 0) is 19.3 Å². The van der Waals surface area contributed by atoms with Crippen LogP contribution in [0.3, 0.4) is 0 Å². The Bertz CT molecular complexity index is 669. The molecule has 1 N–H and O–H groups in total. The molecule has 24 heavy (non-hydrogen) atoms. The quantitative estimate of drug-likeness (QED) is 0.938. The molecule has 1 aromatic heterocycles. The first-order chi connectivity index (χ1) is 11.8. The van der Waals surface area contributed by atoms with Gasteiger partial charge in [-0.15, -0.1) is 0 Å². The summed E-state index contributed by atoms with van der Waals surface area (Å²) in [5, 5.41) is 10.3. The van der Waals surface area contributed by atoms with Crippen molar-refractivity contribution in [2.24, 2.45) is 0 Å². The van der Waals surface area contributed by atoms with Crippen LogP contribution < -0.4 is 0 Å². The fraction of sp³-hybridized carbons (Fsp3) is 0.474. The zero-order valence-electron chi connectivity index (χ0n) is 13.8.